The molecule has 0 amide bonds. The van der Waals surface area contributed by atoms with Crippen molar-refractivity contribution in [3.8, 4) is 0 Å². The van der Waals surface area contributed by atoms with Gasteiger partial charge in [0.1, 0.15) is 0 Å². The molecule has 0 aromatic heterocycles. The number of halogens is 1. The van der Waals surface area contributed by atoms with Crippen LogP contribution in [0.2, 0.25) is 0 Å². The molecule has 0 atom stereocenters. The van der Waals surface area contributed by atoms with Gasteiger partial charge in [-0.25, -0.2) is 0 Å². The predicted octanol–water partition coefficient (Wildman–Crippen LogP) is 2.14. The molecule has 0 aliphatic heterocycles. The Morgan fingerprint density at radius 1 is 0.643 bits per heavy atom. The Hall–Kier alpha value is -0.916. The first-order chi connectivity index (χ1) is 6.88. The van der Waals surface area contributed by atoms with Gasteiger partial charge in [-0.05, 0) is 0 Å². The van der Waals surface area contributed by atoms with E-state index in [-0.39, 0.29) is 0 Å². The predicted molar refractivity (Wildman–Crippen MR) is 53.3 cm³/mol. The molecule has 0 saturated heterocycles. The standard InChI is InChI=1S/2C6H5.FH.Ti/c2*1-2-4-6-5-3-1;;/h2*1-5H;1H;/q;;;+1/p-1. The molecule has 69 valence electrons. The van der Waals surface area contributed by atoms with Crippen LogP contribution in [0.5, 0.6) is 0 Å². The molecule has 0 N–H and O–H groups in total. The van der Waals surface area contributed by atoms with Crippen molar-refractivity contribution in [2.24, 2.45) is 0 Å². The quantitative estimate of drug-likeness (QED) is 0.681. The van der Waals surface area contributed by atoms with E-state index in [1.807, 2.05) is 60.7 Å². The van der Waals surface area contributed by atoms with Gasteiger partial charge in [0.2, 0.25) is 0 Å². The fourth-order valence-corrected chi connectivity index (χ4v) is 3.37. The van der Waals surface area contributed by atoms with Crippen molar-refractivity contribution in [3.05, 3.63) is 60.7 Å². The van der Waals surface area contributed by atoms with Crippen molar-refractivity contribution < 1.29 is 21.5 Å². The van der Waals surface area contributed by atoms with Crippen LogP contribution in [-0.4, -0.2) is 0 Å². The second-order valence-electron chi connectivity index (χ2n) is 3.05. The molecular formula is C12H10FTi. The summed E-state index contributed by atoms with van der Waals surface area (Å²) in [6.07, 6.45) is 0. The molecule has 2 heteroatoms. The van der Waals surface area contributed by atoms with Crippen LogP contribution >= 0.6 is 0 Å². The SMILES string of the molecule is [F][Ti]([c]1ccccc1)[c]1ccccc1. The minimum atomic E-state index is -2.70. The Morgan fingerprint density at radius 2 is 1.00 bits per heavy atom. The fourth-order valence-electron chi connectivity index (χ4n) is 1.34. The van der Waals surface area contributed by atoms with Gasteiger partial charge in [0.25, 0.3) is 0 Å². The van der Waals surface area contributed by atoms with E-state index in [2.05, 4.69) is 0 Å². The van der Waals surface area contributed by atoms with Gasteiger partial charge in [0, 0.05) is 0 Å². The molecule has 0 unspecified atom stereocenters. The molecule has 0 heterocycles. The van der Waals surface area contributed by atoms with E-state index in [1.54, 1.807) is 0 Å². The van der Waals surface area contributed by atoms with E-state index in [4.69, 9.17) is 0 Å². The van der Waals surface area contributed by atoms with Crippen molar-refractivity contribution in [3.63, 3.8) is 0 Å². The van der Waals surface area contributed by atoms with Crippen LogP contribution in [-0.2, 0) is 18.4 Å². The maximum atomic E-state index is 14.0. The van der Waals surface area contributed by atoms with Crippen LogP contribution < -0.4 is 7.74 Å². The van der Waals surface area contributed by atoms with Crippen molar-refractivity contribution in [2.45, 2.75) is 0 Å². The van der Waals surface area contributed by atoms with Crippen LogP contribution in [0.15, 0.2) is 60.7 Å². The van der Waals surface area contributed by atoms with Crippen molar-refractivity contribution in [1.82, 2.24) is 0 Å². The molecule has 0 nitrogen and oxygen atoms in total. The van der Waals surface area contributed by atoms with Gasteiger partial charge in [-0.2, -0.15) is 0 Å². The summed E-state index contributed by atoms with van der Waals surface area (Å²) in [5, 5.41) is 0. The zero-order valence-electron chi connectivity index (χ0n) is 7.65. The van der Waals surface area contributed by atoms with Gasteiger partial charge >= 0.3 is 89.9 Å². The first-order valence-corrected chi connectivity index (χ1v) is 6.66. The van der Waals surface area contributed by atoms with Crippen LogP contribution in [0.4, 0.5) is 3.09 Å². The monoisotopic (exact) mass is 221 g/mol. The Kier molecular flexibility index (Phi) is 3.12. The molecule has 0 aliphatic carbocycles. The number of hydrogen-bond donors (Lipinski definition) is 0. The molecule has 2 rings (SSSR count). The fraction of sp³-hybridized carbons (Fsp3) is 0. The molecule has 0 radical (unpaired) electrons. The zero-order chi connectivity index (χ0) is 9.80. The summed E-state index contributed by atoms with van der Waals surface area (Å²) in [5.74, 6) is 0. The molecule has 2 aromatic carbocycles. The molecule has 0 bridgehead atoms. The Balaban J connectivity index is 2.30. The third kappa shape index (κ3) is 2.12. The molecule has 0 spiro atoms. The third-order valence-corrected chi connectivity index (χ3v) is 4.68. The van der Waals surface area contributed by atoms with E-state index in [9.17, 15) is 3.09 Å². The average molecular weight is 221 g/mol. The van der Waals surface area contributed by atoms with Crippen molar-refractivity contribution in [2.75, 3.05) is 0 Å². The van der Waals surface area contributed by atoms with Gasteiger partial charge in [0.15, 0.2) is 0 Å². The molecule has 14 heavy (non-hydrogen) atoms. The van der Waals surface area contributed by atoms with E-state index in [0.29, 0.717) is 0 Å². The topological polar surface area (TPSA) is 0 Å². The summed E-state index contributed by atoms with van der Waals surface area (Å²) in [6.45, 7) is 0. The molecule has 0 saturated carbocycles. The second-order valence-corrected chi connectivity index (χ2v) is 5.83. The summed E-state index contributed by atoms with van der Waals surface area (Å²) in [6, 6.07) is 18.9. The second kappa shape index (κ2) is 4.54. The molecule has 2 aromatic rings. The van der Waals surface area contributed by atoms with Crippen LogP contribution in [0.3, 0.4) is 0 Å². The molecule has 0 aliphatic rings. The van der Waals surface area contributed by atoms with Crippen molar-refractivity contribution in [1.29, 1.82) is 0 Å². The summed E-state index contributed by atoms with van der Waals surface area (Å²) in [5.41, 5.74) is 0. The third-order valence-electron chi connectivity index (χ3n) is 2.05. The van der Waals surface area contributed by atoms with E-state index in [1.165, 1.54) is 0 Å². The minimum absolute atomic E-state index is 0.874. The average Bonchev–Trinajstić information content (AvgIpc) is 2.30. The summed E-state index contributed by atoms with van der Waals surface area (Å²) in [7, 11) is 0. The molecular weight excluding hydrogens is 211 g/mol. The van der Waals surface area contributed by atoms with E-state index < -0.39 is 18.4 Å². The van der Waals surface area contributed by atoms with Crippen LogP contribution in [0.25, 0.3) is 0 Å². The van der Waals surface area contributed by atoms with Gasteiger partial charge in [0.05, 0.1) is 0 Å². The zero-order valence-corrected chi connectivity index (χ0v) is 9.21. The number of hydrogen-bond acceptors (Lipinski definition) is 0. The number of benzene rings is 2. The molecule has 0 fully saturated rings. The van der Waals surface area contributed by atoms with Gasteiger partial charge in [-0.1, -0.05) is 0 Å². The van der Waals surface area contributed by atoms with Gasteiger partial charge in [-0.15, -0.1) is 0 Å². The Labute approximate surface area is 89.9 Å². The first kappa shape index (κ1) is 9.63. The maximum absolute atomic E-state index is 14.0. The van der Waals surface area contributed by atoms with E-state index in [0.717, 1.165) is 7.74 Å². The Morgan fingerprint density at radius 3 is 1.36 bits per heavy atom. The normalized spacial score (nSPS) is 9.79. The van der Waals surface area contributed by atoms with Gasteiger partial charge in [-0.3, -0.25) is 0 Å². The Bertz CT molecular complexity index is 346. The van der Waals surface area contributed by atoms with Crippen LogP contribution in [0, 0.1) is 0 Å². The summed E-state index contributed by atoms with van der Waals surface area (Å²) < 4.78 is 15.8. The summed E-state index contributed by atoms with van der Waals surface area (Å²) in [4.78, 5) is 0. The van der Waals surface area contributed by atoms with E-state index >= 15 is 0 Å². The summed E-state index contributed by atoms with van der Waals surface area (Å²) >= 11 is -2.70. The van der Waals surface area contributed by atoms with Gasteiger partial charge < -0.3 is 0 Å². The van der Waals surface area contributed by atoms with Crippen molar-refractivity contribution >= 4 is 7.74 Å². The number of rotatable bonds is 2. The first-order valence-electron chi connectivity index (χ1n) is 4.51. The van der Waals surface area contributed by atoms with Crippen LogP contribution in [0.1, 0.15) is 0 Å².